The Morgan fingerprint density at radius 1 is 1.00 bits per heavy atom. The molecule has 0 aliphatic heterocycles. The minimum absolute atomic E-state index is 0.113. The number of carbonyl (C=O) groups is 1. The molecule has 0 bridgehead atoms. The van der Waals surface area contributed by atoms with Crippen molar-refractivity contribution in [1.29, 1.82) is 0 Å². The molecule has 1 N–H and O–H groups in total. The Hall–Kier alpha value is -3.04. The summed E-state index contributed by atoms with van der Waals surface area (Å²) in [5.41, 5.74) is 1.32. The number of sulfonamides is 1. The van der Waals surface area contributed by atoms with Crippen LogP contribution in [0.1, 0.15) is 5.56 Å². The molecule has 0 aromatic heterocycles. The average Bonchev–Trinajstić information content (AvgIpc) is 2.80. The molecule has 0 aliphatic rings. The molecule has 0 spiro atoms. The highest BCUT2D eigenvalue weighted by atomic mass is 79.9. The van der Waals surface area contributed by atoms with Crippen molar-refractivity contribution in [3.05, 3.63) is 82.8 Å². The maximum Gasteiger partial charge on any atom is 0.264 e. The molecule has 0 unspecified atom stereocenters. The molecule has 0 atom stereocenters. The van der Waals surface area contributed by atoms with Gasteiger partial charge in [-0.3, -0.25) is 9.10 Å². The molecule has 9 heteroatoms. The van der Waals surface area contributed by atoms with Crippen LogP contribution >= 0.6 is 15.9 Å². The van der Waals surface area contributed by atoms with Gasteiger partial charge in [-0.05, 0) is 49.4 Å². The van der Waals surface area contributed by atoms with Crippen molar-refractivity contribution in [2.45, 2.75) is 11.8 Å². The first-order valence-electron chi connectivity index (χ1n) is 10.2. The van der Waals surface area contributed by atoms with E-state index in [9.17, 15) is 13.2 Å². The predicted octanol–water partition coefficient (Wildman–Crippen LogP) is 4.16. The number of nitrogens with one attached hydrogen (secondary N) is 1. The number of amides is 1. The van der Waals surface area contributed by atoms with E-state index in [1.54, 1.807) is 67.8 Å². The van der Waals surface area contributed by atoms with Crippen LogP contribution in [0.4, 0.5) is 5.69 Å². The maximum absolute atomic E-state index is 13.4. The fourth-order valence-electron chi connectivity index (χ4n) is 3.02. The number of nitrogens with zero attached hydrogens (tertiary/aromatic N) is 1. The fourth-order valence-corrected chi connectivity index (χ4v) is 4.82. The summed E-state index contributed by atoms with van der Waals surface area (Å²) in [4.78, 5) is 12.8. The molecule has 1 amide bonds. The van der Waals surface area contributed by atoms with Crippen LogP contribution in [0.15, 0.2) is 82.2 Å². The summed E-state index contributed by atoms with van der Waals surface area (Å²) in [5, 5.41) is 2.72. The second-order valence-corrected chi connectivity index (χ2v) is 9.96. The van der Waals surface area contributed by atoms with Crippen LogP contribution in [0.3, 0.4) is 0 Å². The Kier molecular flexibility index (Phi) is 8.35. The van der Waals surface area contributed by atoms with E-state index in [1.165, 1.54) is 12.1 Å². The molecule has 7 nitrogen and oxygen atoms in total. The van der Waals surface area contributed by atoms with Crippen LogP contribution in [-0.2, 0) is 14.8 Å². The van der Waals surface area contributed by atoms with Crippen LogP contribution in [0.2, 0.25) is 0 Å². The third-order valence-corrected chi connectivity index (χ3v) is 7.01. The first kappa shape index (κ1) is 24.6. The standard InChI is InChI=1S/C24H25BrN2O5S/c1-18-9-11-23(12-10-18)33(29,30)27(20-6-3-5-19(25)15-20)17-24(28)26-13-14-32-22-8-4-7-21(16-22)31-2/h3-12,15-16H,13-14,17H2,1-2H3,(H,26,28). The Bertz CT molecular complexity index is 1200. The Labute approximate surface area is 202 Å². The number of halogens is 1. The largest absolute Gasteiger partial charge is 0.497 e. The highest BCUT2D eigenvalue weighted by Gasteiger charge is 2.27. The maximum atomic E-state index is 13.4. The van der Waals surface area contributed by atoms with Gasteiger partial charge in [0.15, 0.2) is 0 Å². The van der Waals surface area contributed by atoms with E-state index >= 15 is 0 Å². The van der Waals surface area contributed by atoms with Gasteiger partial charge in [0, 0.05) is 10.5 Å². The van der Waals surface area contributed by atoms with E-state index in [0.29, 0.717) is 21.7 Å². The highest BCUT2D eigenvalue weighted by molar-refractivity contribution is 9.10. The summed E-state index contributed by atoms with van der Waals surface area (Å²) in [6.45, 7) is 1.95. The molecule has 174 valence electrons. The summed E-state index contributed by atoms with van der Waals surface area (Å²) in [7, 11) is -2.39. The summed E-state index contributed by atoms with van der Waals surface area (Å²) in [6.07, 6.45) is 0. The van der Waals surface area contributed by atoms with Crippen molar-refractivity contribution in [1.82, 2.24) is 5.32 Å². The van der Waals surface area contributed by atoms with Gasteiger partial charge in [0.05, 0.1) is 24.2 Å². The number of aryl methyl sites for hydroxylation is 1. The van der Waals surface area contributed by atoms with Crippen LogP contribution in [0, 0.1) is 6.92 Å². The average molecular weight is 533 g/mol. The van der Waals surface area contributed by atoms with Gasteiger partial charge >= 0.3 is 0 Å². The van der Waals surface area contributed by atoms with E-state index in [2.05, 4.69) is 21.2 Å². The van der Waals surface area contributed by atoms with Gasteiger partial charge in [0.25, 0.3) is 10.0 Å². The molecule has 33 heavy (non-hydrogen) atoms. The minimum atomic E-state index is -3.96. The van der Waals surface area contributed by atoms with Gasteiger partial charge in [-0.25, -0.2) is 8.42 Å². The van der Waals surface area contributed by atoms with E-state index in [1.807, 2.05) is 6.92 Å². The molecule has 0 saturated heterocycles. The van der Waals surface area contributed by atoms with Crippen LogP contribution in [0.5, 0.6) is 11.5 Å². The zero-order valence-electron chi connectivity index (χ0n) is 18.3. The molecular formula is C24H25BrN2O5S. The molecule has 3 rings (SSSR count). The molecule has 0 heterocycles. The summed E-state index contributed by atoms with van der Waals surface area (Å²) in [5.74, 6) is 0.837. The molecule has 0 saturated carbocycles. The van der Waals surface area contributed by atoms with Gasteiger partial charge in [0.2, 0.25) is 5.91 Å². The lowest BCUT2D eigenvalue weighted by molar-refractivity contribution is -0.119. The van der Waals surface area contributed by atoms with Crippen molar-refractivity contribution in [3.8, 4) is 11.5 Å². The lowest BCUT2D eigenvalue weighted by atomic mass is 10.2. The van der Waals surface area contributed by atoms with Crippen LogP contribution in [-0.4, -0.2) is 41.1 Å². The first-order chi connectivity index (χ1) is 15.8. The monoisotopic (exact) mass is 532 g/mol. The van der Waals surface area contributed by atoms with Gasteiger partial charge in [0.1, 0.15) is 24.7 Å². The molecule has 0 fully saturated rings. The fraction of sp³-hybridized carbons (Fsp3) is 0.208. The number of hydrogen-bond acceptors (Lipinski definition) is 5. The molecule has 0 aliphatic carbocycles. The highest BCUT2D eigenvalue weighted by Crippen LogP contribution is 2.26. The Balaban J connectivity index is 1.69. The van der Waals surface area contributed by atoms with Gasteiger partial charge in [-0.2, -0.15) is 0 Å². The number of carbonyl (C=O) groups excluding carboxylic acids is 1. The quantitative estimate of drug-likeness (QED) is 0.396. The van der Waals surface area contributed by atoms with Crippen LogP contribution in [0.25, 0.3) is 0 Å². The zero-order valence-corrected chi connectivity index (χ0v) is 20.7. The third kappa shape index (κ3) is 6.72. The molecule has 3 aromatic rings. The number of hydrogen-bond donors (Lipinski definition) is 1. The minimum Gasteiger partial charge on any atom is -0.497 e. The second kappa shape index (κ2) is 11.2. The SMILES string of the molecule is COc1cccc(OCCNC(=O)CN(c2cccc(Br)c2)S(=O)(=O)c2ccc(C)cc2)c1. The molecular weight excluding hydrogens is 508 g/mol. The summed E-state index contributed by atoms with van der Waals surface area (Å²) >= 11 is 3.37. The number of ether oxygens (including phenoxy) is 2. The van der Waals surface area contributed by atoms with Gasteiger partial charge in [-0.1, -0.05) is 45.8 Å². The van der Waals surface area contributed by atoms with Gasteiger partial charge < -0.3 is 14.8 Å². The van der Waals surface area contributed by atoms with Crippen molar-refractivity contribution in [3.63, 3.8) is 0 Å². The summed E-state index contributed by atoms with van der Waals surface area (Å²) in [6, 6.07) is 20.5. The van der Waals surface area contributed by atoms with Crippen molar-refractivity contribution in [2.24, 2.45) is 0 Å². The lowest BCUT2D eigenvalue weighted by Crippen LogP contribution is -2.41. The van der Waals surface area contributed by atoms with Gasteiger partial charge in [-0.15, -0.1) is 0 Å². The number of anilines is 1. The zero-order chi connectivity index (χ0) is 23.8. The Morgan fingerprint density at radius 2 is 1.70 bits per heavy atom. The second-order valence-electron chi connectivity index (χ2n) is 7.18. The third-order valence-electron chi connectivity index (χ3n) is 4.73. The summed E-state index contributed by atoms with van der Waals surface area (Å²) < 4.78 is 39.3. The lowest BCUT2D eigenvalue weighted by Gasteiger charge is -2.24. The van der Waals surface area contributed by atoms with E-state index in [-0.39, 0.29) is 24.6 Å². The van der Waals surface area contributed by atoms with E-state index in [4.69, 9.17) is 9.47 Å². The first-order valence-corrected chi connectivity index (χ1v) is 12.4. The normalized spacial score (nSPS) is 11.0. The predicted molar refractivity (Wildman–Crippen MR) is 131 cm³/mol. The van der Waals surface area contributed by atoms with Crippen LogP contribution < -0.4 is 19.1 Å². The smallest absolute Gasteiger partial charge is 0.264 e. The van der Waals surface area contributed by atoms with Crippen molar-refractivity contribution in [2.75, 3.05) is 31.1 Å². The van der Waals surface area contributed by atoms with E-state index in [0.717, 1.165) is 9.87 Å². The molecule has 0 radical (unpaired) electrons. The number of benzene rings is 3. The molecule has 3 aromatic carbocycles. The number of rotatable bonds is 10. The topological polar surface area (TPSA) is 84.9 Å². The van der Waals surface area contributed by atoms with Crippen molar-refractivity contribution >= 4 is 37.5 Å². The van der Waals surface area contributed by atoms with Crippen molar-refractivity contribution < 1.29 is 22.7 Å². The van der Waals surface area contributed by atoms with E-state index < -0.39 is 15.9 Å². The number of methoxy groups -OCH3 is 1. The Morgan fingerprint density at radius 3 is 2.39 bits per heavy atom.